The SMILES string of the molecule is CC(C)(C)OC(=O)NCCC(=O)NC(CC(=O)N1CCn2c(nnc2C(F)(F)F)C1)Cc1cc(F)c(F)cc1F. The monoisotopic (exact) mass is 578 g/mol. The summed E-state index contributed by atoms with van der Waals surface area (Å²) in [5.41, 5.74) is -1.07. The van der Waals surface area contributed by atoms with Gasteiger partial charge in [-0.3, -0.25) is 9.59 Å². The van der Waals surface area contributed by atoms with Crippen LogP contribution in [-0.4, -0.2) is 62.3 Å². The fourth-order valence-electron chi connectivity index (χ4n) is 3.97. The molecule has 40 heavy (non-hydrogen) atoms. The highest BCUT2D eigenvalue weighted by atomic mass is 19.4. The Bertz CT molecular complexity index is 1260. The zero-order chi connectivity index (χ0) is 29.8. The summed E-state index contributed by atoms with van der Waals surface area (Å²) >= 11 is 0. The van der Waals surface area contributed by atoms with Crippen LogP contribution in [0.15, 0.2) is 12.1 Å². The molecule has 0 saturated carbocycles. The molecule has 3 amide bonds. The van der Waals surface area contributed by atoms with E-state index in [1.807, 2.05) is 0 Å². The highest BCUT2D eigenvalue weighted by molar-refractivity contribution is 5.80. The number of nitrogens with one attached hydrogen (secondary N) is 2. The molecule has 16 heteroatoms. The standard InChI is InChI=1S/C24H28F6N6O4/c1-23(2,3)40-22(39)31-5-4-19(37)32-14(8-13-9-16(26)17(27)11-15(13)25)10-20(38)35-6-7-36-18(12-35)33-34-21(36)24(28,29)30/h9,11,14H,4-8,10,12H2,1-3H3,(H,31,39)(H,32,37). The van der Waals surface area contributed by atoms with Crippen molar-refractivity contribution in [1.82, 2.24) is 30.3 Å². The Morgan fingerprint density at radius 1 is 1.02 bits per heavy atom. The summed E-state index contributed by atoms with van der Waals surface area (Å²) in [7, 11) is 0. The fraction of sp³-hybridized carbons (Fsp3) is 0.542. The van der Waals surface area contributed by atoms with Gasteiger partial charge in [0.1, 0.15) is 11.4 Å². The zero-order valence-electron chi connectivity index (χ0n) is 21.9. The van der Waals surface area contributed by atoms with E-state index in [1.165, 1.54) is 4.90 Å². The number of carbonyl (C=O) groups excluding carboxylic acids is 3. The predicted octanol–water partition coefficient (Wildman–Crippen LogP) is 3.09. The fourth-order valence-corrected chi connectivity index (χ4v) is 3.97. The van der Waals surface area contributed by atoms with E-state index in [1.54, 1.807) is 20.8 Å². The molecule has 2 N–H and O–H groups in total. The van der Waals surface area contributed by atoms with Gasteiger partial charge >= 0.3 is 12.3 Å². The first kappa shape index (κ1) is 30.7. The molecule has 2 heterocycles. The molecule has 0 fully saturated rings. The van der Waals surface area contributed by atoms with Gasteiger partial charge < -0.3 is 24.8 Å². The number of halogens is 6. The van der Waals surface area contributed by atoms with Gasteiger partial charge in [0.25, 0.3) is 0 Å². The number of hydrogen-bond acceptors (Lipinski definition) is 6. The average Bonchev–Trinajstić information content (AvgIpc) is 3.25. The van der Waals surface area contributed by atoms with Crippen molar-refractivity contribution in [3.05, 3.63) is 46.8 Å². The molecule has 0 radical (unpaired) electrons. The number of hydrogen-bond donors (Lipinski definition) is 2. The van der Waals surface area contributed by atoms with Gasteiger partial charge in [-0.25, -0.2) is 18.0 Å². The molecule has 0 aliphatic carbocycles. The summed E-state index contributed by atoms with van der Waals surface area (Å²) in [5, 5.41) is 11.6. The van der Waals surface area contributed by atoms with Crippen LogP contribution in [0.25, 0.3) is 0 Å². The molecule has 3 rings (SSSR count). The Labute approximate surface area is 225 Å². The minimum absolute atomic E-state index is 0.0904. The number of nitrogens with zero attached hydrogens (tertiary/aromatic N) is 4. The molecule has 0 bridgehead atoms. The number of rotatable bonds is 8. The summed E-state index contributed by atoms with van der Waals surface area (Å²) < 4.78 is 86.7. The van der Waals surface area contributed by atoms with Gasteiger partial charge in [-0.05, 0) is 38.8 Å². The van der Waals surface area contributed by atoms with Crippen molar-refractivity contribution in [2.75, 3.05) is 13.1 Å². The summed E-state index contributed by atoms with van der Waals surface area (Å²) in [5.74, 6) is -6.37. The van der Waals surface area contributed by atoms with Crippen molar-refractivity contribution < 1.29 is 45.5 Å². The molecule has 1 unspecified atom stereocenters. The minimum Gasteiger partial charge on any atom is -0.444 e. The van der Waals surface area contributed by atoms with Crippen LogP contribution in [0.1, 0.15) is 50.8 Å². The van der Waals surface area contributed by atoms with Crippen LogP contribution in [0.3, 0.4) is 0 Å². The van der Waals surface area contributed by atoms with Crippen LogP contribution in [-0.2, 0) is 40.0 Å². The summed E-state index contributed by atoms with van der Waals surface area (Å²) in [6.07, 6.45) is -6.58. The molecule has 1 atom stereocenters. The topological polar surface area (TPSA) is 118 Å². The summed E-state index contributed by atoms with van der Waals surface area (Å²) in [6.45, 7) is 4.19. The van der Waals surface area contributed by atoms with E-state index in [0.717, 1.165) is 4.57 Å². The lowest BCUT2D eigenvalue weighted by atomic mass is 10.0. The number of aromatic nitrogens is 3. The average molecular weight is 579 g/mol. The Hall–Kier alpha value is -3.85. The highest BCUT2D eigenvalue weighted by Crippen LogP contribution is 2.29. The predicted molar refractivity (Wildman–Crippen MR) is 126 cm³/mol. The normalized spacial score (nSPS) is 14.4. The number of alkyl carbamates (subject to hydrolysis) is 1. The van der Waals surface area contributed by atoms with Crippen LogP contribution in [0.2, 0.25) is 0 Å². The van der Waals surface area contributed by atoms with Gasteiger partial charge in [-0.1, -0.05) is 0 Å². The molecule has 1 aromatic heterocycles. The van der Waals surface area contributed by atoms with E-state index in [4.69, 9.17) is 4.74 Å². The van der Waals surface area contributed by atoms with Crippen molar-refractivity contribution in [3.63, 3.8) is 0 Å². The Morgan fingerprint density at radius 2 is 1.70 bits per heavy atom. The molecule has 0 spiro atoms. The van der Waals surface area contributed by atoms with Crippen LogP contribution in [0.4, 0.5) is 31.1 Å². The van der Waals surface area contributed by atoms with Crippen molar-refractivity contribution in [2.45, 2.75) is 70.9 Å². The molecular weight excluding hydrogens is 550 g/mol. The van der Waals surface area contributed by atoms with E-state index >= 15 is 0 Å². The first-order chi connectivity index (χ1) is 18.5. The number of fused-ring (bicyclic) bond motifs is 1. The third kappa shape index (κ3) is 8.32. The first-order valence-electron chi connectivity index (χ1n) is 12.2. The van der Waals surface area contributed by atoms with Crippen LogP contribution < -0.4 is 10.6 Å². The van der Waals surface area contributed by atoms with E-state index in [9.17, 15) is 40.7 Å². The van der Waals surface area contributed by atoms with E-state index < -0.39 is 71.8 Å². The first-order valence-corrected chi connectivity index (χ1v) is 12.2. The largest absolute Gasteiger partial charge is 0.451 e. The van der Waals surface area contributed by atoms with Gasteiger partial charge in [-0.2, -0.15) is 13.2 Å². The minimum atomic E-state index is -4.72. The quantitative estimate of drug-likeness (QED) is 0.367. The van der Waals surface area contributed by atoms with Gasteiger partial charge in [0.05, 0.1) is 6.54 Å². The molecule has 1 aliphatic rings. The number of carbonyl (C=O) groups is 3. The van der Waals surface area contributed by atoms with Crippen molar-refractivity contribution in [3.8, 4) is 0 Å². The molecule has 1 aromatic carbocycles. The molecule has 1 aliphatic heterocycles. The Balaban J connectivity index is 1.68. The summed E-state index contributed by atoms with van der Waals surface area (Å²) in [4.78, 5) is 38.6. The second-order valence-corrected chi connectivity index (χ2v) is 10.1. The third-order valence-corrected chi connectivity index (χ3v) is 5.72. The lowest BCUT2D eigenvalue weighted by Crippen LogP contribution is -2.45. The lowest BCUT2D eigenvalue weighted by molar-refractivity contribution is -0.148. The van der Waals surface area contributed by atoms with Crippen molar-refractivity contribution in [1.29, 1.82) is 0 Å². The van der Waals surface area contributed by atoms with Crippen molar-refractivity contribution >= 4 is 17.9 Å². The Morgan fingerprint density at radius 3 is 2.35 bits per heavy atom. The second kappa shape index (κ2) is 12.1. The maximum Gasteiger partial charge on any atom is 0.451 e. The van der Waals surface area contributed by atoms with E-state index in [0.29, 0.717) is 12.1 Å². The second-order valence-electron chi connectivity index (χ2n) is 10.1. The molecule has 0 saturated heterocycles. The number of amides is 3. The van der Waals surface area contributed by atoms with Gasteiger partial charge in [-0.15, -0.1) is 10.2 Å². The Kier molecular flexibility index (Phi) is 9.30. The van der Waals surface area contributed by atoms with Gasteiger partial charge in [0, 0.05) is 44.6 Å². The third-order valence-electron chi connectivity index (χ3n) is 5.72. The van der Waals surface area contributed by atoms with Crippen LogP contribution in [0.5, 0.6) is 0 Å². The lowest BCUT2D eigenvalue weighted by Gasteiger charge is -2.29. The van der Waals surface area contributed by atoms with Gasteiger partial charge in [0.15, 0.2) is 17.5 Å². The van der Waals surface area contributed by atoms with E-state index in [2.05, 4.69) is 20.8 Å². The molecular formula is C24H28F6N6O4. The molecule has 2 aromatic rings. The number of benzene rings is 1. The molecule has 10 nitrogen and oxygen atoms in total. The summed E-state index contributed by atoms with van der Waals surface area (Å²) in [6, 6.07) is -0.155. The zero-order valence-corrected chi connectivity index (χ0v) is 21.9. The van der Waals surface area contributed by atoms with Crippen LogP contribution in [0, 0.1) is 17.5 Å². The van der Waals surface area contributed by atoms with Gasteiger partial charge in [0.2, 0.25) is 17.6 Å². The number of alkyl halides is 3. The smallest absolute Gasteiger partial charge is 0.444 e. The number of ether oxygens (including phenoxy) is 1. The maximum atomic E-state index is 14.3. The van der Waals surface area contributed by atoms with E-state index in [-0.39, 0.29) is 44.0 Å². The molecule has 220 valence electrons. The van der Waals surface area contributed by atoms with Crippen molar-refractivity contribution in [2.24, 2.45) is 0 Å². The highest BCUT2D eigenvalue weighted by Gasteiger charge is 2.40. The van der Waals surface area contributed by atoms with Crippen LogP contribution >= 0.6 is 0 Å². The maximum absolute atomic E-state index is 14.3.